The highest BCUT2D eigenvalue weighted by molar-refractivity contribution is 9.10. The minimum atomic E-state index is -6.00. The van der Waals surface area contributed by atoms with Gasteiger partial charge in [-0.1, -0.05) is 27.3 Å². The molecule has 0 fully saturated rings. The largest absolute Gasteiger partial charge is 0.673 e. The standard InChI is InChI=1S/C13H9BrNS.BF4/c14-11-6-4-10(5-7-11)12-9-16-13-3-1-2-8-15(12)13;2-1(3,4)5/h1-9H;/q+1;-1. The van der Waals surface area contributed by atoms with Gasteiger partial charge in [0.25, 0.3) is 4.83 Å². The molecule has 0 N–H and O–H groups in total. The molecular formula is C13H9BBrF4NS. The number of rotatable bonds is 1. The van der Waals surface area contributed by atoms with Crippen molar-refractivity contribution in [3.05, 3.63) is 58.5 Å². The van der Waals surface area contributed by atoms with Crippen molar-refractivity contribution in [1.82, 2.24) is 0 Å². The summed E-state index contributed by atoms with van der Waals surface area (Å²) in [7, 11) is -6.00. The summed E-state index contributed by atoms with van der Waals surface area (Å²) >= 11 is 5.22. The van der Waals surface area contributed by atoms with E-state index in [1.54, 1.807) is 11.3 Å². The highest BCUT2D eigenvalue weighted by Crippen LogP contribution is 2.22. The SMILES string of the molecule is Brc1ccc(-c2csc3cccc[n+]23)cc1.F[B-](F)(F)F. The minimum Gasteiger partial charge on any atom is -0.418 e. The maximum absolute atomic E-state index is 9.75. The van der Waals surface area contributed by atoms with E-state index in [1.165, 1.54) is 16.1 Å². The van der Waals surface area contributed by atoms with Crippen molar-refractivity contribution >= 4 is 39.4 Å². The molecule has 8 heteroatoms. The lowest BCUT2D eigenvalue weighted by atomic mass is 10.2. The van der Waals surface area contributed by atoms with E-state index in [1.807, 2.05) is 0 Å². The summed E-state index contributed by atoms with van der Waals surface area (Å²) in [5.74, 6) is 0. The van der Waals surface area contributed by atoms with E-state index in [0.29, 0.717) is 0 Å². The number of thiazole rings is 1. The summed E-state index contributed by atoms with van der Waals surface area (Å²) in [5.41, 5.74) is 2.48. The Kier molecular flexibility index (Phi) is 5.00. The van der Waals surface area contributed by atoms with Crippen molar-refractivity contribution < 1.29 is 21.7 Å². The van der Waals surface area contributed by atoms with Crippen LogP contribution in [0.2, 0.25) is 0 Å². The molecule has 0 aliphatic carbocycles. The molecule has 0 bridgehead atoms. The third-order valence-electron chi connectivity index (χ3n) is 2.51. The van der Waals surface area contributed by atoms with Crippen molar-refractivity contribution in [3.63, 3.8) is 0 Å². The summed E-state index contributed by atoms with van der Waals surface area (Å²) in [6.07, 6.45) is 2.10. The molecule has 1 aromatic carbocycles. The monoisotopic (exact) mass is 377 g/mol. The third kappa shape index (κ3) is 4.82. The zero-order chi connectivity index (χ0) is 15.5. The van der Waals surface area contributed by atoms with Crippen LogP contribution in [0, 0.1) is 0 Å². The Morgan fingerprint density at radius 3 is 2.19 bits per heavy atom. The Bertz CT molecular complexity index is 721. The molecule has 0 radical (unpaired) electrons. The zero-order valence-electron chi connectivity index (χ0n) is 10.5. The number of aromatic nitrogens is 1. The van der Waals surface area contributed by atoms with E-state index in [9.17, 15) is 17.3 Å². The number of nitrogens with zero attached hydrogens (tertiary/aromatic N) is 1. The van der Waals surface area contributed by atoms with Crippen LogP contribution in [0.5, 0.6) is 0 Å². The Labute approximate surface area is 131 Å². The predicted molar refractivity (Wildman–Crippen MR) is 80.8 cm³/mol. The number of pyridine rings is 1. The molecule has 2 aromatic heterocycles. The van der Waals surface area contributed by atoms with Crippen molar-refractivity contribution in [2.75, 3.05) is 0 Å². The van der Waals surface area contributed by atoms with Gasteiger partial charge in [0.1, 0.15) is 0 Å². The smallest absolute Gasteiger partial charge is 0.418 e. The third-order valence-corrected chi connectivity index (χ3v) is 3.96. The van der Waals surface area contributed by atoms with Crippen molar-refractivity contribution in [1.29, 1.82) is 0 Å². The molecule has 3 rings (SSSR count). The second-order valence-corrected chi connectivity index (χ2v) is 5.84. The van der Waals surface area contributed by atoms with Gasteiger partial charge in [0.15, 0.2) is 6.20 Å². The molecule has 0 atom stereocenters. The van der Waals surface area contributed by atoms with E-state index in [2.05, 4.69) is 74.4 Å². The Morgan fingerprint density at radius 2 is 1.57 bits per heavy atom. The number of hydrogen-bond donors (Lipinski definition) is 0. The molecule has 0 unspecified atom stereocenters. The first-order chi connectivity index (χ1) is 9.84. The molecule has 1 nitrogen and oxygen atoms in total. The molecule has 0 aliphatic heterocycles. The van der Waals surface area contributed by atoms with Gasteiger partial charge in [-0.2, -0.15) is 4.40 Å². The topological polar surface area (TPSA) is 4.10 Å². The van der Waals surface area contributed by atoms with Gasteiger partial charge in [-0.15, -0.1) is 0 Å². The molecule has 2 heterocycles. The highest BCUT2D eigenvalue weighted by atomic mass is 79.9. The fraction of sp³-hybridized carbons (Fsp3) is 0. The molecule has 0 saturated heterocycles. The summed E-state index contributed by atoms with van der Waals surface area (Å²) in [4.78, 5) is 1.26. The van der Waals surface area contributed by atoms with Crippen molar-refractivity contribution in [3.8, 4) is 11.3 Å². The van der Waals surface area contributed by atoms with Gasteiger partial charge >= 0.3 is 7.25 Å². The van der Waals surface area contributed by atoms with E-state index in [-0.39, 0.29) is 0 Å². The van der Waals surface area contributed by atoms with E-state index >= 15 is 0 Å². The van der Waals surface area contributed by atoms with Gasteiger partial charge in [0, 0.05) is 22.2 Å². The van der Waals surface area contributed by atoms with Crippen LogP contribution in [-0.2, 0) is 0 Å². The van der Waals surface area contributed by atoms with Crippen molar-refractivity contribution in [2.45, 2.75) is 0 Å². The Morgan fingerprint density at radius 1 is 0.952 bits per heavy atom. The number of hydrogen-bond acceptors (Lipinski definition) is 1. The molecule has 0 amide bonds. The minimum absolute atomic E-state index is 1.11. The first kappa shape index (κ1) is 16.0. The first-order valence-corrected chi connectivity index (χ1v) is 7.53. The van der Waals surface area contributed by atoms with Crippen LogP contribution in [-0.4, -0.2) is 7.25 Å². The van der Waals surface area contributed by atoms with Gasteiger partial charge in [-0.25, -0.2) is 0 Å². The normalized spacial score (nSPS) is 11.1. The molecule has 110 valence electrons. The summed E-state index contributed by atoms with van der Waals surface area (Å²) in [6.45, 7) is 0. The lowest BCUT2D eigenvalue weighted by Gasteiger charge is -1.94. The van der Waals surface area contributed by atoms with Gasteiger partial charge in [0.05, 0.1) is 5.38 Å². The van der Waals surface area contributed by atoms with Crippen LogP contribution in [0.3, 0.4) is 0 Å². The average Bonchev–Trinajstić information content (AvgIpc) is 2.82. The van der Waals surface area contributed by atoms with Crippen LogP contribution in [0.25, 0.3) is 16.1 Å². The molecular weight excluding hydrogens is 369 g/mol. The lowest BCUT2D eigenvalue weighted by Crippen LogP contribution is -2.19. The zero-order valence-corrected chi connectivity index (χ0v) is 12.9. The average molecular weight is 378 g/mol. The first-order valence-electron chi connectivity index (χ1n) is 5.86. The maximum atomic E-state index is 9.75. The predicted octanol–water partition coefficient (Wildman–Crippen LogP) is 5.22. The quantitative estimate of drug-likeness (QED) is 0.311. The number of benzene rings is 1. The van der Waals surface area contributed by atoms with Gasteiger partial charge in [-0.05, 0) is 30.3 Å². The second-order valence-electron chi connectivity index (χ2n) is 4.03. The van der Waals surface area contributed by atoms with Gasteiger partial charge in [-0.3, -0.25) is 0 Å². The van der Waals surface area contributed by atoms with Gasteiger partial charge < -0.3 is 17.3 Å². The van der Waals surface area contributed by atoms with E-state index in [0.717, 1.165) is 4.47 Å². The number of fused-ring (bicyclic) bond motifs is 1. The van der Waals surface area contributed by atoms with Crippen LogP contribution in [0.15, 0.2) is 58.5 Å². The molecule has 21 heavy (non-hydrogen) atoms. The van der Waals surface area contributed by atoms with Crippen LogP contribution in [0.4, 0.5) is 17.3 Å². The maximum Gasteiger partial charge on any atom is 0.673 e. The summed E-state index contributed by atoms with van der Waals surface area (Å²) in [5, 5.41) is 2.19. The second kappa shape index (κ2) is 6.57. The summed E-state index contributed by atoms with van der Waals surface area (Å²) in [6, 6.07) is 14.7. The van der Waals surface area contributed by atoms with Crippen LogP contribution in [0.1, 0.15) is 0 Å². The number of halogens is 5. The lowest BCUT2D eigenvalue weighted by molar-refractivity contribution is -0.495. The Balaban J connectivity index is 0.000000282. The molecule has 3 aromatic rings. The van der Waals surface area contributed by atoms with Crippen LogP contribution < -0.4 is 4.40 Å². The fourth-order valence-corrected chi connectivity index (χ4v) is 2.90. The van der Waals surface area contributed by atoms with Gasteiger partial charge in [0.2, 0.25) is 5.69 Å². The molecule has 0 spiro atoms. The van der Waals surface area contributed by atoms with E-state index < -0.39 is 7.25 Å². The van der Waals surface area contributed by atoms with E-state index in [4.69, 9.17) is 0 Å². The fourth-order valence-electron chi connectivity index (χ4n) is 1.72. The molecule has 0 saturated carbocycles. The summed E-state index contributed by atoms with van der Waals surface area (Å²) < 4.78 is 42.3. The van der Waals surface area contributed by atoms with Crippen molar-refractivity contribution in [2.24, 2.45) is 0 Å². The highest BCUT2D eigenvalue weighted by Gasteiger charge is 2.20. The molecule has 0 aliphatic rings. The van der Waals surface area contributed by atoms with Crippen LogP contribution >= 0.6 is 27.3 Å². The Hall–Kier alpha value is -1.41.